The normalized spacial score (nSPS) is 22.6. The number of amides is 1. The first-order valence-corrected chi connectivity index (χ1v) is 7.62. The molecule has 1 N–H and O–H groups in total. The van der Waals surface area contributed by atoms with Crippen molar-refractivity contribution in [1.82, 2.24) is 4.90 Å². The summed E-state index contributed by atoms with van der Waals surface area (Å²) in [5.41, 5.74) is 0.522. The number of hydrogen-bond acceptors (Lipinski definition) is 2. The Balaban J connectivity index is 2.24. The average Bonchev–Trinajstić information content (AvgIpc) is 2.46. The quantitative estimate of drug-likeness (QED) is 0.920. The molecule has 0 aromatic heterocycles. The van der Waals surface area contributed by atoms with Gasteiger partial charge in [-0.05, 0) is 46.8 Å². The standard InChI is InChI=1S/C15H18BrNO3/c1-2-10-7-8-17(13(9-10)15(19)20)14(18)11-5-3-4-6-12(11)16/h3-6,10,13H,2,7-9H2,1H3,(H,19,20). The van der Waals surface area contributed by atoms with Gasteiger partial charge in [-0.3, -0.25) is 4.79 Å². The van der Waals surface area contributed by atoms with Crippen LogP contribution in [-0.2, 0) is 4.79 Å². The van der Waals surface area contributed by atoms with E-state index < -0.39 is 12.0 Å². The molecular weight excluding hydrogens is 322 g/mol. The van der Waals surface area contributed by atoms with Crippen molar-refractivity contribution < 1.29 is 14.7 Å². The van der Waals surface area contributed by atoms with Crippen LogP contribution in [0.5, 0.6) is 0 Å². The third kappa shape index (κ3) is 3.03. The zero-order chi connectivity index (χ0) is 14.7. The molecule has 0 aliphatic carbocycles. The van der Waals surface area contributed by atoms with Crippen molar-refractivity contribution in [3.63, 3.8) is 0 Å². The maximum absolute atomic E-state index is 12.6. The van der Waals surface area contributed by atoms with Crippen molar-refractivity contribution >= 4 is 27.8 Å². The Hall–Kier alpha value is -1.36. The lowest BCUT2D eigenvalue weighted by Gasteiger charge is -2.37. The lowest BCUT2D eigenvalue weighted by molar-refractivity contribution is -0.144. The Kier molecular flexibility index (Phi) is 4.81. The Morgan fingerprint density at radius 1 is 1.40 bits per heavy atom. The van der Waals surface area contributed by atoms with Crippen LogP contribution in [-0.4, -0.2) is 34.5 Å². The van der Waals surface area contributed by atoms with Gasteiger partial charge in [-0.1, -0.05) is 25.5 Å². The van der Waals surface area contributed by atoms with Gasteiger partial charge < -0.3 is 10.0 Å². The van der Waals surface area contributed by atoms with Gasteiger partial charge in [-0.25, -0.2) is 4.79 Å². The highest BCUT2D eigenvalue weighted by molar-refractivity contribution is 9.10. The zero-order valence-corrected chi connectivity index (χ0v) is 13.0. The smallest absolute Gasteiger partial charge is 0.326 e. The molecule has 2 unspecified atom stereocenters. The van der Waals surface area contributed by atoms with E-state index >= 15 is 0 Å². The summed E-state index contributed by atoms with van der Waals surface area (Å²) in [6.45, 7) is 2.57. The Labute approximate surface area is 126 Å². The van der Waals surface area contributed by atoms with Crippen molar-refractivity contribution in [1.29, 1.82) is 0 Å². The minimum Gasteiger partial charge on any atom is -0.480 e. The lowest BCUT2D eigenvalue weighted by Crippen LogP contribution is -2.50. The molecule has 1 fully saturated rings. The van der Waals surface area contributed by atoms with Gasteiger partial charge in [-0.2, -0.15) is 0 Å². The summed E-state index contributed by atoms with van der Waals surface area (Å²) in [6.07, 6.45) is 2.37. The van der Waals surface area contributed by atoms with Gasteiger partial charge in [0.2, 0.25) is 0 Å². The van der Waals surface area contributed by atoms with Crippen LogP contribution in [0, 0.1) is 5.92 Å². The minimum atomic E-state index is -0.913. The number of benzene rings is 1. The molecule has 20 heavy (non-hydrogen) atoms. The van der Waals surface area contributed by atoms with Gasteiger partial charge in [0, 0.05) is 11.0 Å². The van der Waals surface area contributed by atoms with Crippen LogP contribution < -0.4 is 0 Å². The monoisotopic (exact) mass is 339 g/mol. The number of piperidine rings is 1. The van der Waals surface area contributed by atoms with E-state index in [0.717, 1.165) is 12.8 Å². The molecule has 1 aliphatic heterocycles. The van der Waals surface area contributed by atoms with E-state index in [-0.39, 0.29) is 5.91 Å². The van der Waals surface area contributed by atoms with Gasteiger partial charge in [0.05, 0.1) is 5.56 Å². The molecule has 5 heteroatoms. The van der Waals surface area contributed by atoms with Crippen molar-refractivity contribution in [2.75, 3.05) is 6.54 Å². The molecule has 1 aromatic carbocycles. The van der Waals surface area contributed by atoms with E-state index in [1.165, 1.54) is 4.90 Å². The number of carboxylic acid groups (broad SMARTS) is 1. The number of rotatable bonds is 3. The number of likely N-dealkylation sites (tertiary alicyclic amines) is 1. The summed E-state index contributed by atoms with van der Waals surface area (Å²) < 4.78 is 0.701. The zero-order valence-electron chi connectivity index (χ0n) is 11.4. The first-order valence-electron chi connectivity index (χ1n) is 6.82. The van der Waals surface area contributed by atoms with E-state index in [2.05, 4.69) is 22.9 Å². The summed E-state index contributed by atoms with van der Waals surface area (Å²) in [7, 11) is 0. The first kappa shape index (κ1) is 15.0. The second kappa shape index (κ2) is 6.39. The molecule has 1 aromatic rings. The fourth-order valence-electron chi connectivity index (χ4n) is 2.68. The van der Waals surface area contributed by atoms with Crippen LogP contribution in [0.2, 0.25) is 0 Å². The van der Waals surface area contributed by atoms with E-state index in [1.54, 1.807) is 18.2 Å². The second-order valence-electron chi connectivity index (χ2n) is 5.13. The highest BCUT2D eigenvalue weighted by Crippen LogP contribution is 2.28. The Morgan fingerprint density at radius 2 is 2.10 bits per heavy atom. The molecule has 108 valence electrons. The molecule has 0 bridgehead atoms. The van der Waals surface area contributed by atoms with Crippen molar-refractivity contribution in [3.8, 4) is 0 Å². The van der Waals surface area contributed by atoms with Crippen LogP contribution in [0.4, 0.5) is 0 Å². The third-order valence-electron chi connectivity index (χ3n) is 3.94. The molecular formula is C15H18BrNO3. The molecule has 1 saturated heterocycles. The maximum atomic E-state index is 12.6. The molecule has 1 aliphatic rings. The summed E-state index contributed by atoms with van der Waals surface area (Å²) in [4.78, 5) is 25.5. The molecule has 1 heterocycles. The average molecular weight is 340 g/mol. The van der Waals surface area contributed by atoms with Gasteiger partial charge >= 0.3 is 5.97 Å². The van der Waals surface area contributed by atoms with E-state index in [0.29, 0.717) is 28.9 Å². The van der Waals surface area contributed by atoms with Gasteiger partial charge in [0.25, 0.3) is 5.91 Å². The highest BCUT2D eigenvalue weighted by atomic mass is 79.9. The molecule has 1 amide bonds. The second-order valence-corrected chi connectivity index (χ2v) is 5.99. The number of carbonyl (C=O) groups is 2. The van der Waals surface area contributed by atoms with Gasteiger partial charge in [-0.15, -0.1) is 0 Å². The summed E-state index contributed by atoms with van der Waals surface area (Å²) in [5, 5.41) is 9.38. The fraction of sp³-hybridized carbons (Fsp3) is 0.467. The number of halogens is 1. The highest BCUT2D eigenvalue weighted by Gasteiger charge is 2.36. The SMILES string of the molecule is CCC1CCN(C(=O)c2ccccc2Br)C(C(=O)O)C1. The van der Waals surface area contributed by atoms with Crippen LogP contribution in [0.1, 0.15) is 36.5 Å². The summed E-state index contributed by atoms with van der Waals surface area (Å²) in [5.74, 6) is -0.734. The Bertz CT molecular complexity index is 518. The predicted octanol–water partition coefficient (Wildman–Crippen LogP) is 3.16. The Morgan fingerprint density at radius 3 is 2.70 bits per heavy atom. The van der Waals surface area contributed by atoms with Crippen LogP contribution >= 0.6 is 15.9 Å². The molecule has 0 radical (unpaired) electrons. The predicted molar refractivity (Wildman–Crippen MR) is 79.6 cm³/mol. The van der Waals surface area contributed by atoms with E-state index in [9.17, 15) is 14.7 Å². The number of hydrogen-bond donors (Lipinski definition) is 1. The van der Waals surface area contributed by atoms with Crippen LogP contribution in [0.15, 0.2) is 28.7 Å². The number of aliphatic carboxylic acids is 1. The molecule has 0 saturated carbocycles. The van der Waals surface area contributed by atoms with E-state index in [1.807, 2.05) is 6.07 Å². The van der Waals surface area contributed by atoms with Gasteiger partial charge in [0.15, 0.2) is 0 Å². The molecule has 2 rings (SSSR count). The number of carbonyl (C=O) groups excluding carboxylic acids is 1. The minimum absolute atomic E-state index is 0.209. The largest absolute Gasteiger partial charge is 0.480 e. The van der Waals surface area contributed by atoms with E-state index in [4.69, 9.17) is 0 Å². The maximum Gasteiger partial charge on any atom is 0.326 e. The van der Waals surface area contributed by atoms with Crippen LogP contribution in [0.25, 0.3) is 0 Å². The summed E-state index contributed by atoms with van der Waals surface area (Å²) in [6, 6.07) is 6.41. The van der Waals surface area contributed by atoms with Crippen molar-refractivity contribution in [2.45, 2.75) is 32.2 Å². The fourth-order valence-corrected chi connectivity index (χ4v) is 3.13. The van der Waals surface area contributed by atoms with Crippen LogP contribution in [0.3, 0.4) is 0 Å². The van der Waals surface area contributed by atoms with Crippen molar-refractivity contribution in [3.05, 3.63) is 34.3 Å². The number of nitrogens with zero attached hydrogens (tertiary/aromatic N) is 1. The van der Waals surface area contributed by atoms with Gasteiger partial charge in [0.1, 0.15) is 6.04 Å². The first-order chi connectivity index (χ1) is 9.54. The molecule has 0 spiro atoms. The van der Waals surface area contributed by atoms with Crippen molar-refractivity contribution in [2.24, 2.45) is 5.92 Å². The molecule has 4 nitrogen and oxygen atoms in total. The number of carboxylic acids is 1. The summed E-state index contributed by atoms with van der Waals surface area (Å²) >= 11 is 3.35. The molecule has 2 atom stereocenters. The third-order valence-corrected chi connectivity index (χ3v) is 4.63. The lowest BCUT2D eigenvalue weighted by atomic mass is 9.88. The topological polar surface area (TPSA) is 57.6 Å².